The number of alkyl halides is 3. The van der Waals surface area contributed by atoms with Crippen LogP contribution in [0, 0.1) is 16.0 Å². The fourth-order valence-electron chi connectivity index (χ4n) is 5.05. The molecule has 1 saturated heterocycles. The quantitative estimate of drug-likeness (QED) is 0.263. The Morgan fingerprint density at radius 2 is 1.72 bits per heavy atom. The lowest BCUT2D eigenvalue weighted by molar-refractivity contribution is -0.389. The first-order chi connectivity index (χ1) is 18.5. The Balaban J connectivity index is 1.04. The fraction of sp³-hybridized carbons (Fsp3) is 0.444. The zero-order valence-corrected chi connectivity index (χ0v) is 21.4. The van der Waals surface area contributed by atoms with Gasteiger partial charge in [0, 0.05) is 11.5 Å². The standard InChI is InChI=1S/C27H29F3N4O5/c1-26(17-33-16-24(34(35)36)31-25(33)39-26)18-37-22-6-4-21(5-7-22)15-32-12-10-20(11-13-32)14-19-2-8-23(9-3-19)38-27(28,29)30/h2-9,16,20H,10-15,17-18H2,1H3. The molecule has 2 aliphatic heterocycles. The van der Waals surface area contributed by atoms with E-state index in [0.29, 0.717) is 18.2 Å². The third kappa shape index (κ3) is 6.99. The Kier molecular flexibility index (Phi) is 7.39. The van der Waals surface area contributed by atoms with Crippen LogP contribution >= 0.6 is 0 Å². The number of imidazole rings is 1. The molecular weight excluding hydrogens is 517 g/mol. The summed E-state index contributed by atoms with van der Waals surface area (Å²) in [7, 11) is 0. The smallest absolute Gasteiger partial charge is 0.489 e. The monoisotopic (exact) mass is 546 g/mol. The molecular formula is C27H29F3N4O5. The van der Waals surface area contributed by atoms with Crippen LogP contribution in [-0.2, 0) is 19.5 Å². The molecule has 0 amide bonds. The van der Waals surface area contributed by atoms with Crippen LogP contribution in [0.3, 0.4) is 0 Å². The van der Waals surface area contributed by atoms with E-state index in [1.54, 1.807) is 16.7 Å². The number of hydrogen-bond donors (Lipinski definition) is 0. The minimum Gasteiger partial charge on any atom is -0.489 e. The molecule has 5 rings (SSSR count). The number of piperidine rings is 1. The molecule has 0 bridgehead atoms. The zero-order chi connectivity index (χ0) is 27.6. The molecule has 12 heteroatoms. The lowest BCUT2D eigenvalue weighted by Gasteiger charge is -2.32. The molecule has 1 unspecified atom stereocenters. The first kappa shape index (κ1) is 26.8. The highest BCUT2D eigenvalue weighted by Gasteiger charge is 2.41. The van der Waals surface area contributed by atoms with Crippen molar-refractivity contribution in [2.45, 2.75) is 51.2 Å². The Bertz CT molecular complexity index is 1260. The lowest BCUT2D eigenvalue weighted by atomic mass is 9.90. The van der Waals surface area contributed by atoms with Crippen molar-refractivity contribution < 1.29 is 32.3 Å². The van der Waals surface area contributed by atoms with E-state index in [2.05, 4.69) is 14.6 Å². The van der Waals surface area contributed by atoms with Crippen molar-refractivity contribution in [3.05, 3.63) is 76.0 Å². The van der Waals surface area contributed by atoms with Gasteiger partial charge in [0.1, 0.15) is 24.3 Å². The highest BCUT2D eigenvalue weighted by atomic mass is 19.4. The summed E-state index contributed by atoms with van der Waals surface area (Å²) in [5, 5.41) is 10.9. The van der Waals surface area contributed by atoms with Crippen molar-refractivity contribution in [2.75, 3.05) is 19.7 Å². The summed E-state index contributed by atoms with van der Waals surface area (Å²) in [4.78, 5) is 16.6. The summed E-state index contributed by atoms with van der Waals surface area (Å²) in [5.41, 5.74) is 1.53. The topological polar surface area (TPSA) is 91.9 Å². The normalized spacial score (nSPS) is 19.9. The Labute approximate surface area is 223 Å². The van der Waals surface area contributed by atoms with E-state index in [4.69, 9.17) is 9.47 Å². The van der Waals surface area contributed by atoms with Crippen molar-refractivity contribution >= 4 is 5.82 Å². The van der Waals surface area contributed by atoms with Crippen LogP contribution in [0.1, 0.15) is 30.9 Å². The fourth-order valence-corrected chi connectivity index (χ4v) is 5.05. The number of halogens is 3. The summed E-state index contributed by atoms with van der Waals surface area (Å²) >= 11 is 0. The first-order valence-electron chi connectivity index (χ1n) is 12.7. The van der Waals surface area contributed by atoms with E-state index in [9.17, 15) is 23.3 Å². The number of fused-ring (bicyclic) bond motifs is 1. The molecule has 1 aromatic heterocycles. The van der Waals surface area contributed by atoms with Crippen LogP contribution in [0.2, 0.25) is 0 Å². The average molecular weight is 547 g/mol. The van der Waals surface area contributed by atoms with Crippen molar-refractivity contribution in [3.63, 3.8) is 0 Å². The largest absolute Gasteiger partial charge is 0.573 e. The molecule has 39 heavy (non-hydrogen) atoms. The zero-order valence-electron chi connectivity index (χ0n) is 21.4. The molecule has 1 atom stereocenters. The van der Waals surface area contributed by atoms with Crippen molar-refractivity contribution in [2.24, 2.45) is 5.92 Å². The lowest BCUT2D eigenvalue weighted by Crippen LogP contribution is -2.38. The predicted octanol–water partition coefficient (Wildman–Crippen LogP) is 5.37. The Morgan fingerprint density at radius 1 is 1.08 bits per heavy atom. The third-order valence-electron chi connectivity index (χ3n) is 7.02. The molecule has 0 N–H and O–H groups in total. The van der Waals surface area contributed by atoms with Crippen LogP contribution in [0.15, 0.2) is 54.7 Å². The molecule has 0 saturated carbocycles. The maximum absolute atomic E-state index is 12.3. The van der Waals surface area contributed by atoms with E-state index in [0.717, 1.165) is 44.5 Å². The highest BCUT2D eigenvalue weighted by Crippen LogP contribution is 2.32. The molecule has 0 spiro atoms. The van der Waals surface area contributed by atoms with E-state index in [1.807, 2.05) is 31.2 Å². The molecule has 0 radical (unpaired) electrons. The van der Waals surface area contributed by atoms with E-state index < -0.39 is 16.9 Å². The minimum absolute atomic E-state index is 0.195. The second-order valence-corrected chi connectivity index (χ2v) is 10.4. The van der Waals surface area contributed by atoms with Gasteiger partial charge in [-0.1, -0.05) is 24.3 Å². The summed E-state index contributed by atoms with van der Waals surface area (Å²) in [5.74, 6) is 0.777. The number of ether oxygens (including phenoxy) is 3. The van der Waals surface area contributed by atoms with Gasteiger partial charge in [-0.05, 0) is 85.5 Å². The molecule has 208 valence electrons. The molecule has 0 aliphatic carbocycles. The molecule has 2 aromatic carbocycles. The van der Waals surface area contributed by atoms with Gasteiger partial charge in [0.2, 0.25) is 0 Å². The van der Waals surface area contributed by atoms with Gasteiger partial charge in [-0.15, -0.1) is 13.2 Å². The number of hydrogen-bond acceptors (Lipinski definition) is 7. The molecule has 3 aromatic rings. The van der Waals surface area contributed by atoms with Gasteiger partial charge in [-0.2, -0.15) is 0 Å². The van der Waals surface area contributed by atoms with E-state index in [1.165, 1.54) is 23.9 Å². The van der Waals surface area contributed by atoms with Crippen LogP contribution in [0.25, 0.3) is 0 Å². The van der Waals surface area contributed by atoms with E-state index in [-0.39, 0.29) is 24.2 Å². The SMILES string of the molecule is CC1(COc2ccc(CN3CCC(Cc4ccc(OC(F)(F)F)cc4)CC3)cc2)Cn2cc([N+](=O)[O-])nc2O1. The Morgan fingerprint density at radius 3 is 2.33 bits per heavy atom. The number of nitrogens with zero attached hydrogens (tertiary/aromatic N) is 4. The van der Waals surface area contributed by atoms with Gasteiger partial charge in [0.15, 0.2) is 5.60 Å². The number of benzene rings is 2. The maximum atomic E-state index is 12.3. The van der Waals surface area contributed by atoms with Crippen LogP contribution < -0.4 is 14.2 Å². The van der Waals surface area contributed by atoms with E-state index >= 15 is 0 Å². The first-order valence-corrected chi connectivity index (χ1v) is 12.7. The van der Waals surface area contributed by atoms with Gasteiger partial charge in [0.05, 0.1) is 6.54 Å². The van der Waals surface area contributed by atoms with Gasteiger partial charge in [-0.25, -0.2) is 0 Å². The summed E-state index contributed by atoms with van der Waals surface area (Å²) in [6, 6.07) is 14.3. The second kappa shape index (κ2) is 10.8. The van der Waals surface area contributed by atoms with Gasteiger partial charge >= 0.3 is 18.2 Å². The highest BCUT2D eigenvalue weighted by molar-refractivity contribution is 5.29. The molecule has 2 aliphatic rings. The summed E-state index contributed by atoms with van der Waals surface area (Å²) in [6.07, 6.45) is -0.410. The predicted molar refractivity (Wildman–Crippen MR) is 135 cm³/mol. The summed E-state index contributed by atoms with van der Waals surface area (Å²) < 4.78 is 54.3. The number of rotatable bonds is 9. The van der Waals surface area contributed by atoms with Gasteiger partial charge < -0.3 is 24.3 Å². The van der Waals surface area contributed by atoms with Gasteiger partial charge in [-0.3, -0.25) is 9.47 Å². The van der Waals surface area contributed by atoms with Crippen LogP contribution in [0.5, 0.6) is 17.5 Å². The molecule has 1 fully saturated rings. The van der Waals surface area contributed by atoms with Crippen LogP contribution in [0.4, 0.5) is 19.0 Å². The summed E-state index contributed by atoms with van der Waals surface area (Å²) in [6.45, 7) is 5.31. The molecule has 3 heterocycles. The van der Waals surface area contributed by atoms with Crippen molar-refractivity contribution in [1.29, 1.82) is 0 Å². The maximum Gasteiger partial charge on any atom is 0.573 e. The van der Waals surface area contributed by atoms with Crippen LogP contribution in [-0.4, -0.2) is 51.0 Å². The number of nitro groups is 1. The number of likely N-dealkylation sites (tertiary alicyclic amines) is 1. The average Bonchev–Trinajstić information content (AvgIpc) is 3.41. The second-order valence-electron chi connectivity index (χ2n) is 10.4. The van der Waals surface area contributed by atoms with Crippen molar-refractivity contribution in [1.82, 2.24) is 14.5 Å². The Hall–Kier alpha value is -3.80. The van der Waals surface area contributed by atoms with Gasteiger partial charge in [0.25, 0.3) is 0 Å². The third-order valence-corrected chi connectivity index (χ3v) is 7.02. The van der Waals surface area contributed by atoms with Crippen molar-refractivity contribution in [3.8, 4) is 17.5 Å². The molecule has 9 nitrogen and oxygen atoms in total. The minimum atomic E-state index is -4.68. The number of aromatic nitrogens is 2.